The lowest BCUT2D eigenvalue weighted by Crippen LogP contribution is -2.49. The molecule has 140 valence electrons. The predicted octanol–water partition coefficient (Wildman–Crippen LogP) is 2.36. The van der Waals surface area contributed by atoms with Gasteiger partial charge in [-0.2, -0.15) is 0 Å². The minimum Gasteiger partial charge on any atom is -0.366 e. The van der Waals surface area contributed by atoms with Crippen molar-refractivity contribution in [2.75, 3.05) is 0 Å². The smallest absolute Gasteiger partial charge is 0.250 e. The van der Waals surface area contributed by atoms with Gasteiger partial charge in [0.25, 0.3) is 0 Å². The number of primary amides is 1. The second-order valence-electron chi connectivity index (χ2n) is 6.80. The molecule has 0 aliphatic heterocycles. The molecule has 0 bridgehead atoms. The molecule has 0 aromatic carbocycles. The molecule has 27 heavy (non-hydrogen) atoms. The number of thiazole rings is 1. The SMILES string of the molecule is Cc1nc(CC(=O)NC2(C#Cc3cncc(C(N)=O)c3)CCCCC2)cs1. The number of pyridine rings is 1. The first-order valence-corrected chi connectivity index (χ1v) is 9.84. The maximum atomic E-state index is 12.6. The molecule has 1 fully saturated rings. The summed E-state index contributed by atoms with van der Waals surface area (Å²) in [5, 5.41) is 6.00. The molecule has 0 spiro atoms. The lowest BCUT2D eigenvalue weighted by atomic mass is 9.81. The summed E-state index contributed by atoms with van der Waals surface area (Å²) in [5.41, 5.74) is 6.46. The zero-order valence-electron chi connectivity index (χ0n) is 15.2. The molecule has 3 N–H and O–H groups in total. The molecule has 2 aromatic heterocycles. The van der Waals surface area contributed by atoms with Gasteiger partial charge in [0.2, 0.25) is 11.8 Å². The third kappa shape index (κ3) is 5.14. The molecular weight excluding hydrogens is 360 g/mol. The van der Waals surface area contributed by atoms with Gasteiger partial charge in [0.05, 0.1) is 22.7 Å². The van der Waals surface area contributed by atoms with Crippen LogP contribution >= 0.6 is 11.3 Å². The quantitative estimate of drug-likeness (QED) is 0.793. The van der Waals surface area contributed by atoms with Crippen molar-refractivity contribution in [1.29, 1.82) is 0 Å². The van der Waals surface area contributed by atoms with E-state index in [1.807, 2.05) is 12.3 Å². The Kier molecular flexibility index (Phi) is 5.87. The minimum absolute atomic E-state index is 0.0690. The maximum Gasteiger partial charge on any atom is 0.250 e. The van der Waals surface area contributed by atoms with Crippen molar-refractivity contribution in [2.45, 2.75) is 51.0 Å². The minimum atomic E-state index is -0.552. The number of rotatable bonds is 4. The van der Waals surface area contributed by atoms with Crippen LogP contribution in [-0.2, 0) is 11.2 Å². The van der Waals surface area contributed by atoms with Gasteiger partial charge < -0.3 is 11.1 Å². The molecule has 0 saturated heterocycles. The maximum absolute atomic E-state index is 12.6. The molecule has 2 heterocycles. The number of aryl methyl sites for hydroxylation is 1. The monoisotopic (exact) mass is 382 g/mol. The Labute approximate surface area is 162 Å². The summed E-state index contributed by atoms with van der Waals surface area (Å²) < 4.78 is 0. The van der Waals surface area contributed by atoms with Gasteiger partial charge in [-0.25, -0.2) is 4.98 Å². The van der Waals surface area contributed by atoms with Gasteiger partial charge >= 0.3 is 0 Å². The van der Waals surface area contributed by atoms with Crippen molar-refractivity contribution in [3.05, 3.63) is 45.7 Å². The summed E-state index contributed by atoms with van der Waals surface area (Å²) in [6.07, 6.45) is 8.07. The third-order valence-corrected chi connectivity index (χ3v) is 5.39. The first-order chi connectivity index (χ1) is 13.0. The van der Waals surface area contributed by atoms with E-state index < -0.39 is 11.4 Å². The highest BCUT2D eigenvalue weighted by molar-refractivity contribution is 7.09. The number of nitrogens with one attached hydrogen (secondary N) is 1. The van der Waals surface area contributed by atoms with Crippen LogP contribution in [0.3, 0.4) is 0 Å². The molecule has 0 radical (unpaired) electrons. The fraction of sp³-hybridized carbons (Fsp3) is 0.400. The van der Waals surface area contributed by atoms with Gasteiger partial charge in [0, 0.05) is 23.3 Å². The summed E-state index contributed by atoms with van der Waals surface area (Å²) >= 11 is 1.54. The molecule has 0 unspecified atom stereocenters. The van der Waals surface area contributed by atoms with Crippen LogP contribution in [0.25, 0.3) is 0 Å². The number of amides is 2. The van der Waals surface area contributed by atoms with E-state index in [0.29, 0.717) is 11.1 Å². The van der Waals surface area contributed by atoms with E-state index in [4.69, 9.17) is 5.73 Å². The zero-order chi connectivity index (χ0) is 19.3. The second-order valence-corrected chi connectivity index (χ2v) is 7.86. The summed E-state index contributed by atoms with van der Waals surface area (Å²) in [6.45, 7) is 1.93. The van der Waals surface area contributed by atoms with Gasteiger partial charge in [-0.1, -0.05) is 31.1 Å². The van der Waals surface area contributed by atoms with E-state index in [0.717, 1.165) is 42.8 Å². The molecule has 0 atom stereocenters. The highest BCUT2D eigenvalue weighted by Gasteiger charge is 2.31. The molecule has 1 aliphatic rings. The van der Waals surface area contributed by atoms with Gasteiger partial charge in [-0.05, 0) is 25.8 Å². The van der Waals surface area contributed by atoms with E-state index in [1.165, 1.54) is 17.5 Å². The molecule has 2 amide bonds. The van der Waals surface area contributed by atoms with Crippen molar-refractivity contribution in [3.8, 4) is 11.8 Å². The van der Waals surface area contributed by atoms with Gasteiger partial charge in [-0.15, -0.1) is 11.3 Å². The van der Waals surface area contributed by atoms with Crippen molar-refractivity contribution >= 4 is 23.2 Å². The topological polar surface area (TPSA) is 98.0 Å². The first kappa shape index (κ1) is 19.1. The zero-order valence-corrected chi connectivity index (χ0v) is 16.1. The Balaban J connectivity index is 1.78. The van der Waals surface area contributed by atoms with Crippen LogP contribution in [0.4, 0.5) is 0 Å². The molecule has 6 nitrogen and oxygen atoms in total. The van der Waals surface area contributed by atoms with Crippen molar-refractivity contribution < 1.29 is 9.59 Å². The van der Waals surface area contributed by atoms with Crippen LogP contribution in [0.2, 0.25) is 0 Å². The van der Waals surface area contributed by atoms with Crippen LogP contribution in [0.15, 0.2) is 23.8 Å². The first-order valence-electron chi connectivity index (χ1n) is 8.96. The third-order valence-electron chi connectivity index (χ3n) is 4.56. The van der Waals surface area contributed by atoms with Crippen LogP contribution < -0.4 is 11.1 Å². The normalized spacial score (nSPS) is 15.4. The van der Waals surface area contributed by atoms with Crippen LogP contribution in [0.1, 0.15) is 58.7 Å². The van der Waals surface area contributed by atoms with Crippen LogP contribution in [-0.4, -0.2) is 27.3 Å². The van der Waals surface area contributed by atoms with E-state index in [9.17, 15) is 9.59 Å². The lowest BCUT2D eigenvalue weighted by Gasteiger charge is -2.33. The second kappa shape index (κ2) is 8.31. The average molecular weight is 382 g/mol. The predicted molar refractivity (Wildman–Crippen MR) is 104 cm³/mol. The largest absolute Gasteiger partial charge is 0.366 e. The Hall–Kier alpha value is -2.72. The Morgan fingerprint density at radius 2 is 2.07 bits per heavy atom. The molecule has 3 rings (SSSR count). The molecule has 7 heteroatoms. The number of hydrogen-bond donors (Lipinski definition) is 2. The summed E-state index contributed by atoms with van der Waals surface area (Å²) in [7, 11) is 0. The molecule has 1 saturated carbocycles. The highest BCUT2D eigenvalue weighted by Crippen LogP contribution is 2.28. The Bertz CT molecular complexity index is 904. The molecule has 2 aromatic rings. The van der Waals surface area contributed by atoms with Crippen LogP contribution in [0.5, 0.6) is 0 Å². The summed E-state index contributed by atoms with van der Waals surface area (Å²) in [6, 6.07) is 1.62. The number of carbonyl (C=O) groups is 2. The van der Waals surface area contributed by atoms with Gasteiger partial charge in [0.15, 0.2) is 0 Å². The number of nitrogens with zero attached hydrogens (tertiary/aromatic N) is 2. The lowest BCUT2D eigenvalue weighted by molar-refractivity contribution is -0.122. The van der Waals surface area contributed by atoms with E-state index >= 15 is 0 Å². The number of carbonyl (C=O) groups excluding carboxylic acids is 2. The van der Waals surface area contributed by atoms with E-state index in [2.05, 4.69) is 27.1 Å². The summed E-state index contributed by atoms with van der Waals surface area (Å²) in [4.78, 5) is 32.2. The summed E-state index contributed by atoms with van der Waals surface area (Å²) in [5.74, 6) is 5.72. The number of hydrogen-bond acceptors (Lipinski definition) is 5. The van der Waals surface area contributed by atoms with E-state index in [-0.39, 0.29) is 12.3 Å². The molecular formula is C20H22N4O2S. The molecule has 1 aliphatic carbocycles. The van der Waals surface area contributed by atoms with Crippen molar-refractivity contribution in [1.82, 2.24) is 15.3 Å². The van der Waals surface area contributed by atoms with Crippen molar-refractivity contribution in [3.63, 3.8) is 0 Å². The fourth-order valence-corrected chi connectivity index (χ4v) is 3.85. The Morgan fingerprint density at radius 3 is 2.74 bits per heavy atom. The van der Waals surface area contributed by atoms with Gasteiger partial charge in [-0.3, -0.25) is 14.6 Å². The number of aromatic nitrogens is 2. The average Bonchev–Trinajstić information content (AvgIpc) is 3.05. The standard InChI is InChI=1S/C20H22N4O2S/c1-14-23-17(13-27-14)10-18(25)24-20(6-3-2-4-7-20)8-5-15-9-16(19(21)26)12-22-11-15/h9,11-13H,2-4,6-7,10H2,1H3,(H2,21,26)(H,24,25). The van der Waals surface area contributed by atoms with Gasteiger partial charge in [0.1, 0.15) is 5.54 Å². The fourth-order valence-electron chi connectivity index (χ4n) is 3.24. The Morgan fingerprint density at radius 1 is 1.30 bits per heavy atom. The van der Waals surface area contributed by atoms with E-state index in [1.54, 1.807) is 12.3 Å². The van der Waals surface area contributed by atoms with Crippen LogP contribution in [0, 0.1) is 18.8 Å². The highest BCUT2D eigenvalue weighted by atomic mass is 32.1. The number of nitrogens with two attached hydrogens (primary N) is 1. The van der Waals surface area contributed by atoms with Crippen molar-refractivity contribution in [2.24, 2.45) is 5.73 Å².